The molecular weight excluding hydrogens is 496 g/mol. The predicted octanol–water partition coefficient (Wildman–Crippen LogP) is 5.04. The number of aryl methyl sites for hydroxylation is 1. The molecule has 1 saturated heterocycles. The second-order valence-corrected chi connectivity index (χ2v) is 12.1. The Bertz CT molecular complexity index is 1540. The maximum absolute atomic E-state index is 13.7. The third-order valence-corrected chi connectivity index (χ3v) is 9.50. The number of benzene rings is 1. The van der Waals surface area contributed by atoms with Crippen LogP contribution in [0.3, 0.4) is 0 Å². The van der Waals surface area contributed by atoms with Crippen molar-refractivity contribution in [2.75, 3.05) is 13.1 Å². The summed E-state index contributed by atoms with van der Waals surface area (Å²) in [7, 11) is -2.03. The third kappa shape index (κ3) is 4.46. The van der Waals surface area contributed by atoms with Gasteiger partial charge in [0.05, 0.1) is 17.6 Å². The smallest absolute Gasteiger partial charge is 0.269 e. The van der Waals surface area contributed by atoms with Gasteiger partial charge >= 0.3 is 0 Å². The van der Waals surface area contributed by atoms with Gasteiger partial charge in [0, 0.05) is 61.2 Å². The quantitative estimate of drug-likeness (QED) is 0.365. The van der Waals surface area contributed by atoms with E-state index in [1.165, 1.54) is 3.97 Å². The molecule has 0 spiro atoms. The minimum absolute atomic E-state index is 0.0481. The van der Waals surface area contributed by atoms with Crippen LogP contribution in [-0.4, -0.2) is 57.1 Å². The van der Waals surface area contributed by atoms with Gasteiger partial charge in [-0.15, -0.1) is 0 Å². The van der Waals surface area contributed by atoms with Gasteiger partial charge in [-0.25, -0.2) is 26.2 Å². The summed E-state index contributed by atoms with van der Waals surface area (Å²) in [5.74, 6) is -2.31. The van der Waals surface area contributed by atoms with Crippen molar-refractivity contribution >= 4 is 21.1 Å². The fraction of sp³-hybridized carbons (Fsp3) is 0.407. The van der Waals surface area contributed by atoms with Crippen LogP contribution in [0, 0.1) is 0 Å². The van der Waals surface area contributed by atoms with E-state index in [1.807, 2.05) is 18.1 Å². The summed E-state index contributed by atoms with van der Waals surface area (Å²) in [6.45, 7) is 0.335. The van der Waals surface area contributed by atoms with Crippen LogP contribution in [0.25, 0.3) is 22.2 Å². The van der Waals surface area contributed by atoms with Gasteiger partial charge in [0.1, 0.15) is 0 Å². The minimum Gasteiger partial charge on any atom is -0.294 e. The Morgan fingerprint density at radius 2 is 1.78 bits per heavy atom. The molecule has 2 aliphatic rings. The summed E-state index contributed by atoms with van der Waals surface area (Å²) in [5.41, 5.74) is 2.99. The maximum Gasteiger partial charge on any atom is 0.269 e. The van der Waals surface area contributed by atoms with Crippen molar-refractivity contribution in [3.05, 3.63) is 66.7 Å². The Labute approximate surface area is 214 Å². The lowest BCUT2D eigenvalue weighted by Gasteiger charge is -2.34. The summed E-state index contributed by atoms with van der Waals surface area (Å²) in [6.07, 6.45) is 10.5. The first-order chi connectivity index (χ1) is 17.7. The number of alkyl halides is 2. The highest BCUT2D eigenvalue weighted by molar-refractivity contribution is 7.90. The van der Waals surface area contributed by atoms with Crippen LogP contribution in [0.4, 0.5) is 8.78 Å². The molecule has 0 unspecified atom stereocenters. The Morgan fingerprint density at radius 3 is 2.43 bits per heavy atom. The average Bonchev–Trinajstić information content (AvgIpc) is 3.60. The van der Waals surface area contributed by atoms with Crippen LogP contribution in [0.5, 0.6) is 0 Å². The Morgan fingerprint density at radius 1 is 1.03 bits per heavy atom. The predicted molar refractivity (Wildman–Crippen MR) is 137 cm³/mol. The molecular formula is C27H29F2N5O2S. The second-order valence-electron chi connectivity index (χ2n) is 10.3. The number of nitrogens with zero attached hydrogens (tertiary/aromatic N) is 5. The number of likely N-dealkylation sites (tertiary alicyclic amines) is 1. The Hall–Kier alpha value is -3.11. The molecule has 0 amide bonds. The van der Waals surface area contributed by atoms with Gasteiger partial charge in [0.25, 0.3) is 15.9 Å². The summed E-state index contributed by atoms with van der Waals surface area (Å²) >= 11 is 0. The molecule has 1 aliphatic heterocycles. The van der Waals surface area contributed by atoms with E-state index in [9.17, 15) is 17.2 Å². The first-order valence-corrected chi connectivity index (χ1v) is 14.1. The summed E-state index contributed by atoms with van der Waals surface area (Å²) in [4.78, 5) is 6.81. The van der Waals surface area contributed by atoms with Crippen LogP contribution in [0.1, 0.15) is 43.6 Å². The van der Waals surface area contributed by atoms with Crippen LogP contribution in [0.15, 0.2) is 66.1 Å². The van der Waals surface area contributed by atoms with Crippen molar-refractivity contribution in [1.82, 2.24) is 23.6 Å². The van der Waals surface area contributed by atoms with E-state index in [2.05, 4.69) is 16.1 Å². The molecule has 4 heterocycles. The number of pyridine rings is 1. The highest BCUT2D eigenvalue weighted by atomic mass is 32.2. The monoisotopic (exact) mass is 525 g/mol. The standard InChI is InChI=1S/C27H29F2N5O2S/c1-32-16-21(15-31-32)25-17-34(37(35,36)23-5-3-2-4-6-23)26-24(25)13-20(14-30-26)19-7-9-22(10-8-19)33-12-11-27(28,29)18-33/h2-6,13-17,19,22H,7-12,18H2,1H3. The van der Waals surface area contributed by atoms with Crippen LogP contribution in [0.2, 0.25) is 0 Å². The lowest BCUT2D eigenvalue weighted by molar-refractivity contribution is 0.00517. The summed E-state index contributed by atoms with van der Waals surface area (Å²) < 4.78 is 57.4. The third-order valence-electron chi connectivity index (χ3n) is 7.83. The molecule has 6 rings (SSSR count). The van der Waals surface area contributed by atoms with E-state index >= 15 is 0 Å². The molecule has 194 valence electrons. The fourth-order valence-electron chi connectivity index (χ4n) is 5.85. The highest BCUT2D eigenvalue weighted by Gasteiger charge is 2.41. The Balaban J connectivity index is 1.34. The number of rotatable bonds is 5. The first kappa shape index (κ1) is 24.2. The van der Waals surface area contributed by atoms with E-state index in [1.54, 1.807) is 53.6 Å². The molecule has 37 heavy (non-hydrogen) atoms. The maximum atomic E-state index is 13.7. The highest BCUT2D eigenvalue weighted by Crippen LogP contribution is 2.40. The van der Waals surface area contributed by atoms with Crippen molar-refractivity contribution < 1.29 is 17.2 Å². The first-order valence-electron chi connectivity index (χ1n) is 12.6. The van der Waals surface area contributed by atoms with E-state index in [4.69, 9.17) is 0 Å². The second kappa shape index (κ2) is 9.02. The number of aromatic nitrogens is 4. The van der Waals surface area contributed by atoms with Gasteiger partial charge in [-0.2, -0.15) is 5.10 Å². The normalized spacial score (nSPS) is 22.6. The molecule has 3 aromatic heterocycles. The van der Waals surface area contributed by atoms with E-state index in [-0.39, 0.29) is 29.8 Å². The van der Waals surface area contributed by atoms with Crippen molar-refractivity contribution in [3.63, 3.8) is 0 Å². The summed E-state index contributed by atoms with van der Waals surface area (Å²) in [6, 6.07) is 10.6. The Kier molecular flexibility index (Phi) is 5.91. The molecule has 0 radical (unpaired) electrons. The van der Waals surface area contributed by atoms with Gasteiger partial charge in [0.2, 0.25) is 0 Å². The van der Waals surface area contributed by atoms with Gasteiger partial charge < -0.3 is 0 Å². The topological polar surface area (TPSA) is 73.0 Å². The number of fused-ring (bicyclic) bond motifs is 1. The molecule has 1 aromatic carbocycles. The SMILES string of the molecule is Cn1cc(-c2cn(S(=O)(=O)c3ccccc3)c3ncc(C4CCC(N5CCC(F)(F)C5)CC4)cc23)cn1. The van der Waals surface area contributed by atoms with Crippen molar-refractivity contribution in [2.24, 2.45) is 7.05 Å². The van der Waals surface area contributed by atoms with E-state index in [0.717, 1.165) is 47.8 Å². The van der Waals surface area contributed by atoms with E-state index in [0.29, 0.717) is 12.2 Å². The molecule has 4 aromatic rings. The molecule has 0 bridgehead atoms. The number of hydrogen-bond acceptors (Lipinski definition) is 5. The van der Waals surface area contributed by atoms with Gasteiger partial charge in [-0.1, -0.05) is 18.2 Å². The molecule has 7 nitrogen and oxygen atoms in total. The molecule has 0 N–H and O–H groups in total. The van der Waals surface area contributed by atoms with Crippen LogP contribution < -0.4 is 0 Å². The lowest BCUT2D eigenvalue weighted by atomic mass is 9.81. The number of halogens is 2. The average molecular weight is 526 g/mol. The molecule has 10 heteroatoms. The largest absolute Gasteiger partial charge is 0.294 e. The van der Waals surface area contributed by atoms with Crippen molar-refractivity contribution in [1.29, 1.82) is 0 Å². The molecule has 0 atom stereocenters. The van der Waals surface area contributed by atoms with Crippen LogP contribution in [-0.2, 0) is 17.1 Å². The zero-order valence-electron chi connectivity index (χ0n) is 20.6. The van der Waals surface area contributed by atoms with Gasteiger partial charge in [-0.3, -0.25) is 9.58 Å². The molecule has 1 aliphatic carbocycles. The van der Waals surface area contributed by atoms with Gasteiger partial charge in [-0.05, 0) is 55.4 Å². The van der Waals surface area contributed by atoms with Crippen LogP contribution >= 0.6 is 0 Å². The summed E-state index contributed by atoms with van der Waals surface area (Å²) in [5, 5.41) is 5.03. The zero-order valence-corrected chi connectivity index (χ0v) is 21.4. The molecule has 2 fully saturated rings. The van der Waals surface area contributed by atoms with Crippen molar-refractivity contribution in [2.45, 2.75) is 54.9 Å². The number of hydrogen-bond donors (Lipinski definition) is 0. The fourth-order valence-corrected chi connectivity index (χ4v) is 7.19. The molecule has 1 saturated carbocycles. The lowest BCUT2D eigenvalue weighted by Crippen LogP contribution is -2.37. The van der Waals surface area contributed by atoms with Gasteiger partial charge in [0.15, 0.2) is 5.65 Å². The van der Waals surface area contributed by atoms with E-state index < -0.39 is 15.9 Å². The minimum atomic E-state index is -3.85. The van der Waals surface area contributed by atoms with Crippen molar-refractivity contribution in [3.8, 4) is 11.1 Å². The zero-order chi connectivity index (χ0) is 25.8.